The number of rotatable bonds is 5. The fourth-order valence-electron chi connectivity index (χ4n) is 2.01. The van der Waals surface area contributed by atoms with Gasteiger partial charge in [0.25, 0.3) is 0 Å². The molecule has 1 atom stereocenters. The fourth-order valence-corrected chi connectivity index (χ4v) is 2.01. The largest absolute Gasteiger partial charge is 0.385 e. The van der Waals surface area contributed by atoms with Crippen LogP contribution in [0, 0.1) is 0 Å². The van der Waals surface area contributed by atoms with Crippen LogP contribution in [-0.4, -0.2) is 38.1 Å². The van der Waals surface area contributed by atoms with Crippen molar-refractivity contribution in [2.45, 2.75) is 19.4 Å². The van der Waals surface area contributed by atoms with Crippen molar-refractivity contribution in [3.8, 4) is 0 Å². The van der Waals surface area contributed by atoms with Gasteiger partial charge in [-0.05, 0) is 37.6 Å². The maximum Gasteiger partial charge on any atom is 0.159 e. The van der Waals surface area contributed by atoms with Crippen molar-refractivity contribution in [1.29, 1.82) is 0 Å². The summed E-state index contributed by atoms with van der Waals surface area (Å²) in [5.41, 5.74) is 1.80. The zero-order valence-corrected chi connectivity index (χ0v) is 10.7. The van der Waals surface area contributed by atoms with Gasteiger partial charge >= 0.3 is 0 Å². The first kappa shape index (κ1) is 13.1. The van der Waals surface area contributed by atoms with Gasteiger partial charge in [0, 0.05) is 30.9 Å². The second-order valence-electron chi connectivity index (χ2n) is 4.55. The topological polar surface area (TPSA) is 50.4 Å². The number of nitrogens with one attached hydrogen (secondary N) is 2. The van der Waals surface area contributed by atoms with Crippen LogP contribution in [0.5, 0.6) is 0 Å². The predicted molar refractivity (Wildman–Crippen MR) is 72.2 cm³/mol. The Labute approximate surface area is 108 Å². The Hall–Kier alpha value is -1.39. The van der Waals surface area contributed by atoms with Crippen molar-refractivity contribution in [1.82, 2.24) is 5.32 Å². The minimum Gasteiger partial charge on any atom is -0.385 e. The predicted octanol–water partition coefficient (Wildman–Crippen LogP) is 1.68. The summed E-state index contributed by atoms with van der Waals surface area (Å²) in [6, 6.07) is 7.58. The van der Waals surface area contributed by atoms with E-state index in [0.717, 1.165) is 43.9 Å². The van der Waals surface area contributed by atoms with E-state index in [2.05, 4.69) is 10.6 Å². The van der Waals surface area contributed by atoms with E-state index in [4.69, 9.17) is 4.74 Å². The molecule has 0 saturated carbocycles. The number of benzene rings is 1. The number of anilines is 1. The summed E-state index contributed by atoms with van der Waals surface area (Å²) in [4.78, 5) is 11.1. The SMILES string of the molecule is CC(=O)c1ccc(NCCC2CNCCO2)cc1. The van der Waals surface area contributed by atoms with Crippen molar-refractivity contribution in [3.63, 3.8) is 0 Å². The number of ether oxygens (including phenoxy) is 1. The maximum absolute atomic E-state index is 11.1. The third-order valence-electron chi connectivity index (χ3n) is 3.09. The van der Waals surface area contributed by atoms with Gasteiger partial charge in [0.05, 0.1) is 12.7 Å². The summed E-state index contributed by atoms with van der Waals surface area (Å²) in [7, 11) is 0. The first-order valence-corrected chi connectivity index (χ1v) is 6.43. The molecule has 0 radical (unpaired) electrons. The fraction of sp³-hybridized carbons (Fsp3) is 0.500. The second-order valence-corrected chi connectivity index (χ2v) is 4.55. The number of carbonyl (C=O) groups is 1. The van der Waals surface area contributed by atoms with E-state index in [0.29, 0.717) is 6.10 Å². The third-order valence-corrected chi connectivity index (χ3v) is 3.09. The highest BCUT2D eigenvalue weighted by Gasteiger charge is 2.12. The van der Waals surface area contributed by atoms with E-state index in [1.807, 2.05) is 24.3 Å². The molecule has 1 heterocycles. The van der Waals surface area contributed by atoms with Gasteiger partial charge in [0.1, 0.15) is 0 Å². The van der Waals surface area contributed by atoms with Gasteiger partial charge in [-0.3, -0.25) is 4.79 Å². The lowest BCUT2D eigenvalue weighted by Gasteiger charge is -2.23. The molecule has 4 heteroatoms. The van der Waals surface area contributed by atoms with Gasteiger partial charge in [0.15, 0.2) is 5.78 Å². The summed E-state index contributed by atoms with van der Waals surface area (Å²) >= 11 is 0. The molecule has 0 amide bonds. The van der Waals surface area contributed by atoms with Crippen LogP contribution in [0.1, 0.15) is 23.7 Å². The number of hydrogen-bond acceptors (Lipinski definition) is 4. The smallest absolute Gasteiger partial charge is 0.159 e. The van der Waals surface area contributed by atoms with Gasteiger partial charge in [-0.1, -0.05) is 0 Å². The van der Waals surface area contributed by atoms with Gasteiger partial charge in [-0.15, -0.1) is 0 Å². The molecule has 4 nitrogen and oxygen atoms in total. The van der Waals surface area contributed by atoms with E-state index in [9.17, 15) is 4.79 Å². The molecule has 1 aliphatic rings. The highest BCUT2D eigenvalue weighted by atomic mass is 16.5. The normalized spacial score (nSPS) is 19.5. The molecule has 0 aromatic heterocycles. The van der Waals surface area contributed by atoms with E-state index in [1.165, 1.54) is 0 Å². The molecule has 1 fully saturated rings. The highest BCUT2D eigenvalue weighted by molar-refractivity contribution is 5.94. The highest BCUT2D eigenvalue weighted by Crippen LogP contribution is 2.10. The van der Waals surface area contributed by atoms with E-state index >= 15 is 0 Å². The molecular weight excluding hydrogens is 228 g/mol. The van der Waals surface area contributed by atoms with Crippen molar-refractivity contribution in [3.05, 3.63) is 29.8 Å². The van der Waals surface area contributed by atoms with E-state index < -0.39 is 0 Å². The molecule has 1 aliphatic heterocycles. The number of Topliss-reactive ketones (excluding diaryl/α,β-unsaturated/α-hetero) is 1. The van der Waals surface area contributed by atoms with E-state index in [-0.39, 0.29) is 5.78 Å². The third kappa shape index (κ3) is 3.82. The van der Waals surface area contributed by atoms with Gasteiger partial charge in [-0.2, -0.15) is 0 Å². The zero-order chi connectivity index (χ0) is 12.8. The number of ketones is 1. The van der Waals surface area contributed by atoms with Gasteiger partial charge < -0.3 is 15.4 Å². The second kappa shape index (κ2) is 6.52. The van der Waals surface area contributed by atoms with Crippen LogP contribution in [0.25, 0.3) is 0 Å². The monoisotopic (exact) mass is 248 g/mol. The lowest BCUT2D eigenvalue weighted by atomic mass is 10.1. The number of morpholine rings is 1. The lowest BCUT2D eigenvalue weighted by molar-refractivity contribution is 0.0258. The molecule has 98 valence electrons. The minimum absolute atomic E-state index is 0.100. The Balaban J connectivity index is 1.74. The van der Waals surface area contributed by atoms with Crippen LogP contribution < -0.4 is 10.6 Å². The molecule has 2 rings (SSSR count). The number of hydrogen-bond donors (Lipinski definition) is 2. The quantitative estimate of drug-likeness (QED) is 0.778. The molecule has 0 aliphatic carbocycles. The van der Waals surface area contributed by atoms with E-state index in [1.54, 1.807) is 6.92 Å². The summed E-state index contributed by atoms with van der Waals surface area (Å²) in [5.74, 6) is 0.100. The average molecular weight is 248 g/mol. The van der Waals surface area contributed by atoms with Crippen molar-refractivity contribution in [2.75, 3.05) is 31.6 Å². The first-order valence-electron chi connectivity index (χ1n) is 6.43. The van der Waals surface area contributed by atoms with Crippen molar-refractivity contribution in [2.24, 2.45) is 0 Å². The Kier molecular flexibility index (Phi) is 4.73. The molecule has 0 bridgehead atoms. The molecule has 1 saturated heterocycles. The van der Waals surface area contributed by atoms with Crippen LogP contribution in [-0.2, 0) is 4.74 Å². The molecule has 2 N–H and O–H groups in total. The number of carbonyl (C=O) groups excluding carboxylic acids is 1. The zero-order valence-electron chi connectivity index (χ0n) is 10.7. The summed E-state index contributed by atoms with van der Waals surface area (Å²) in [6.07, 6.45) is 1.30. The van der Waals surface area contributed by atoms with Crippen molar-refractivity contribution >= 4 is 11.5 Å². The molecule has 1 aromatic rings. The lowest BCUT2D eigenvalue weighted by Crippen LogP contribution is -2.39. The Morgan fingerprint density at radius 1 is 1.44 bits per heavy atom. The summed E-state index contributed by atoms with van der Waals surface area (Å²) in [6.45, 7) is 5.15. The summed E-state index contributed by atoms with van der Waals surface area (Å²) < 4.78 is 5.62. The molecule has 1 unspecified atom stereocenters. The molecule has 0 spiro atoms. The van der Waals surface area contributed by atoms with Crippen LogP contribution in [0.2, 0.25) is 0 Å². The Bertz CT molecular complexity index is 383. The standard InChI is InChI=1S/C14H20N2O2/c1-11(17)12-2-4-13(5-3-12)16-7-6-14-10-15-8-9-18-14/h2-5,14-16H,6-10H2,1H3. The van der Waals surface area contributed by atoms with Gasteiger partial charge in [0.2, 0.25) is 0 Å². The average Bonchev–Trinajstić information content (AvgIpc) is 2.40. The minimum atomic E-state index is 0.100. The Morgan fingerprint density at radius 3 is 2.83 bits per heavy atom. The maximum atomic E-state index is 11.1. The molecular formula is C14H20N2O2. The van der Waals surface area contributed by atoms with Crippen LogP contribution in [0.4, 0.5) is 5.69 Å². The van der Waals surface area contributed by atoms with Crippen LogP contribution in [0.3, 0.4) is 0 Å². The van der Waals surface area contributed by atoms with Crippen LogP contribution >= 0.6 is 0 Å². The first-order chi connectivity index (χ1) is 8.75. The summed E-state index contributed by atoms with van der Waals surface area (Å²) in [5, 5.41) is 6.65. The van der Waals surface area contributed by atoms with Crippen molar-refractivity contribution < 1.29 is 9.53 Å². The molecule has 18 heavy (non-hydrogen) atoms. The van der Waals surface area contributed by atoms with Gasteiger partial charge in [-0.25, -0.2) is 0 Å². The molecule has 1 aromatic carbocycles. The van der Waals surface area contributed by atoms with Crippen LogP contribution in [0.15, 0.2) is 24.3 Å². The Morgan fingerprint density at radius 2 is 2.22 bits per heavy atom.